The topological polar surface area (TPSA) is 114 Å². The third-order valence-electron chi connectivity index (χ3n) is 4.57. The molecular weight excluding hydrogens is 294 g/mol. The van der Waals surface area contributed by atoms with Gasteiger partial charge in [0, 0.05) is 12.0 Å². The van der Waals surface area contributed by atoms with Gasteiger partial charge < -0.3 is 16.2 Å². The Balaban J connectivity index is 0.000000433. The molecule has 0 aliphatic heterocycles. The Morgan fingerprint density at radius 1 is 1.26 bits per heavy atom. The molecule has 0 saturated heterocycles. The molecule has 2 aliphatic rings. The summed E-state index contributed by atoms with van der Waals surface area (Å²) in [4.78, 5) is 13.2. The van der Waals surface area contributed by atoms with Crippen molar-refractivity contribution in [2.75, 3.05) is 5.32 Å². The van der Waals surface area contributed by atoms with Crippen LogP contribution in [0.2, 0.25) is 0 Å². The van der Waals surface area contributed by atoms with Crippen LogP contribution in [0.4, 0.5) is 10.7 Å². The first-order valence-electron chi connectivity index (χ1n) is 8.20. The van der Waals surface area contributed by atoms with Gasteiger partial charge in [-0.2, -0.15) is 0 Å². The molecule has 7 nitrogen and oxygen atoms in total. The second-order valence-electron chi connectivity index (χ2n) is 7.54. The fourth-order valence-electron chi connectivity index (χ4n) is 3.00. The van der Waals surface area contributed by atoms with Crippen molar-refractivity contribution in [2.45, 2.75) is 64.8 Å². The zero-order chi connectivity index (χ0) is 17.0. The first-order chi connectivity index (χ1) is 10.8. The first kappa shape index (κ1) is 17.4. The van der Waals surface area contributed by atoms with Crippen LogP contribution in [0.1, 0.15) is 64.5 Å². The molecule has 1 amide bonds. The van der Waals surface area contributed by atoms with Crippen molar-refractivity contribution >= 4 is 12.0 Å². The summed E-state index contributed by atoms with van der Waals surface area (Å²) in [5.74, 6) is 2.12. The van der Waals surface area contributed by atoms with E-state index < -0.39 is 6.09 Å². The van der Waals surface area contributed by atoms with Crippen LogP contribution in [-0.2, 0) is 0 Å². The molecule has 0 bridgehead atoms. The smallest absolute Gasteiger partial charge is 0.402 e. The average Bonchev–Trinajstić information content (AvgIpc) is 3.17. The second-order valence-corrected chi connectivity index (χ2v) is 7.54. The van der Waals surface area contributed by atoms with Crippen molar-refractivity contribution < 1.29 is 9.90 Å². The van der Waals surface area contributed by atoms with E-state index in [-0.39, 0.29) is 0 Å². The highest BCUT2D eigenvalue weighted by molar-refractivity contribution is 5.61. The number of primary amides is 1. The van der Waals surface area contributed by atoms with Gasteiger partial charge in [0.25, 0.3) is 0 Å². The minimum absolute atomic E-state index is 0.408. The minimum Gasteiger partial charge on any atom is -0.465 e. The average molecular weight is 321 g/mol. The number of nitrogens with zero attached hydrogens (tertiary/aromatic N) is 3. The lowest BCUT2D eigenvalue weighted by molar-refractivity contribution is 0.205. The minimum atomic E-state index is -1.33. The van der Waals surface area contributed by atoms with E-state index in [1.54, 1.807) is 0 Å². The quantitative estimate of drug-likeness (QED) is 0.788. The van der Waals surface area contributed by atoms with Crippen LogP contribution < -0.4 is 11.1 Å². The maximum Gasteiger partial charge on any atom is 0.402 e. The van der Waals surface area contributed by atoms with E-state index in [0.29, 0.717) is 23.3 Å². The molecule has 2 saturated carbocycles. The lowest BCUT2D eigenvalue weighted by Gasteiger charge is -2.26. The molecule has 2 atom stereocenters. The molecule has 23 heavy (non-hydrogen) atoms. The number of aromatic nitrogens is 3. The molecule has 0 aromatic carbocycles. The van der Waals surface area contributed by atoms with Gasteiger partial charge in [0.05, 0.1) is 11.9 Å². The Hall–Kier alpha value is -1.92. The van der Waals surface area contributed by atoms with Gasteiger partial charge in [0.15, 0.2) is 0 Å². The van der Waals surface area contributed by atoms with Crippen molar-refractivity contribution in [1.29, 1.82) is 0 Å². The highest BCUT2D eigenvalue weighted by Crippen LogP contribution is 2.40. The molecule has 0 spiro atoms. The molecule has 2 aliphatic carbocycles. The molecular formula is C16H27N5O2. The number of anilines is 1. The molecule has 0 radical (unpaired) electrons. The van der Waals surface area contributed by atoms with E-state index >= 15 is 0 Å². The number of hydrogen-bond acceptors (Lipinski definition) is 5. The van der Waals surface area contributed by atoms with E-state index in [2.05, 4.69) is 47.0 Å². The lowest BCUT2D eigenvalue weighted by Crippen LogP contribution is -2.22. The van der Waals surface area contributed by atoms with Gasteiger partial charge in [-0.1, -0.05) is 20.8 Å². The Kier molecular flexibility index (Phi) is 5.38. The fourth-order valence-corrected chi connectivity index (χ4v) is 3.00. The Bertz CT molecular complexity index is 518. The summed E-state index contributed by atoms with van der Waals surface area (Å²) in [5, 5.41) is 19.1. The van der Waals surface area contributed by atoms with Gasteiger partial charge in [-0.05, 0) is 43.4 Å². The summed E-state index contributed by atoms with van der Waals surface area (Å²) in [6.45, 7) is 7.01. The van der Waals surface area contributed by atoms with Gasteiger partial charge >= 0.3 is 6.09 Å². The van der Waals surface area contributed by atoms with Gasteiger partial charge in [-0.3, -0.25) is 0 Å². The number of nitrogens with one attached hydrogen (secondary N) is 1. The van der Waals surface area contributed by atoms with Crippen molar-refractivity contribution in [2.24, 2.45) is 17.1 Å². The Labute approximate surface area is 137 Å². The summed E-state index contributed by atoms with van der Waals surface area (Å²) in [6, 6.07) is 0.512. The van der Waals surface area contributed by atoms with Gasteiger partial charge in [0.1, 0.15) is 0 Å². The number of carboxylic acid groups (broad SMARTS) is 1. The van der Waals surface area contributed by atoms with Gasteiger partial charge in [-0.25, -0.2) is 9.78 Å². The van der Waals surface area contributed by atoms with E-state index in [1.807, 2.05) is 6.20 Å². The van der Waals surface area contributed by atoms with E-state index in [0.717, 1.165) is 11.6 Å². The number of amides is 1. The van der Waals surface area contributed by atoms with Gasteiger partial charge in [0.2, 0.25) is 5.95 Å². The molecule has 1 heterocycles. The number of hydrogen-bond donors (Lipinski definition) is 3. The second kappa shape index (κ2) is 7.10. The van der Waals surface area contributed by atoms with Crippen LogP contribution >= 0.6 is 0 Å². The van der Waals surface area contributed by atoms with Crippen LogP contribution in [0.25, 0.3) is 0 Å². The predicted octanol–water partition coefficient (Wildman–Crippen LogP) is 3.00. The monoisotopic (exact) mass is 321 g/mol. The van der Waals surface area contributed by atoms with Crippen LogP contribution in [0.3, 0.4) is 0 Å². The van der Waals surface area contributed by atoms with Crippen LogP contribution in [0, 0.1) is 11.3 Å². The lowest BCUT2D eigenvalue weighted by atomic mass is 9.80. The van der Waals surface area contributed by atoms with E-state index in [1.165, 1.54) is 32.1 Å². The maximum atomic E-state index is 8.78. The summed E-state index contributed by atoms with van der Waals surface area (Å²) >= 11 is 0. The largest absolute Gasteiger partial charge is 0.465 e. The zero-order valence-corrected chi connectivity index (χ0v) is 14.1. The molecule has 1 aromatic heterocycles. The highest BCUT2D eigenvalue weighted by Gasteiger charge is 2.33. The number of carbonyl (C=O) groups is 1. The Morgan fingerprint density at radius 2 is 1.91 bits per heavy atom. The summed E-state index contributed by atoms with van der Waals surface area (Å²) in [5.41, 5.74) is 5.50. The van der Waals surface area contributed by atoms with Crippen molar-refractivity contribution in [1.82, 2.24) is 15.2 Å². The van der Waals surface area contributed by atoms with Crippen molar-refractivity contribution in [3.8, 4) is 0 Å². The third-order valence-corrected chi connectivity index (χ3v) is 4.57. The molecule has 7 heteroatoms. The van der Waals surface area contributed by atoms with E-state index in [9.17, 15) is 0 Å². The molecule has 0 unspecified atom stereocenters. The summed E-state index contributed by atoms with van der Waals surface area (Å²) in [6.07, 6.45) is 6.79. The van der Waals surface area contributed by atoms with Crippen LogP contribution in [0.15, 0.2) is 6.20 Å². The molecule has 128 valence electrons. The summed E-state index contributed by atoms with van der Waals surface area (Å²) < 4.78 is 0. The van der Waals surface area contributed by atoms with Gasteiger partial charge in [-0.15, -0.1) is 10.2 Å². The predicted molar refractivity (Wildman–Crippen MR) is 88.2 cm³/mol. The first-order valence-corrected chi connectivity index (χ1v) is 8.20. The maximum absolute atomic E-state index is 8.78. The van der Waals surface area contributed by atoms with Crippen LogP contribution in [-0.4, -0.2) is 32.4 Å². The van der Waals surface area contributed by atoms with E-state index in [4.69, 9.17) is 9.90 Å². The third kappa shape index (κ3) is 5.65. The highest BCUT2D eigenvalue weighted by atomic mass is 16.4. The molecule has 3 rings (SSSR count). The fraction of sp³-hybridized carbons (Fsp3) is 0.750. The Morgan fingerprint density at radius 3 is 2.35 bits per heavy atom. The molecule has 2 fully saturated rings. The number of rotatable bonds is 3. The summed E-state index contributed by atoms with van der Waals surface area (Å²) in [7, 11) is 0. The van der Waals surface area contributed by atoms with Crippen LogP contribution in [0.5, 0.6) is 0 Å². The standard InChI is InChI=1S/C15H24N4.CH3NO2/c1-15(2,3)11-6-7-12(8-11)17-14-16-9-13(18-19-14)10-4-5-10;2-1(3)4/h9-12H,4-8H2,1-3H3,(H,16,17,19);2H2,(H,3,4)/t11-,12-;/m0./s1. The molecule has 1 aromatic rings. The normalized spacial score (nSPS) is 23.8. The SMILES string of the molecule is CC(C)(C)[C@H]1CC[C@H](Nc2ncc(C3CC3)nn2)C1.NC(=O)O. The zero-order valence-electron chi connectivity index (χ0n) is 14.1. The molecule has 4 N–H and O–H groups in total. The van der Waals surface area contributed by atoms with Crippen molar-refractivity contribution in [3.05, 3.63) is 11.9 Å². The van der Waals surface area contributed by atoms with Crippen molar-refractivity contribution in [3.63, 3.8) is 0 Å². The number of nitrogens with two attached hydrogens (primary N) is 1.